The summed E-state index contributed by atoms with van der Waals surface area (Å²) in [5.74, 6) is 0.601. The van der Waals surface area contributed by atoms with Crippen LogP contribution in [0.2, 0.25) is 0 Å². The molecule has 0 spiro atoms. The number of carbonyl (C=O) groups is 1. The zero-order valence-electron chi connectivity index (χ0n) is 20.2. The van der Waals surface area contributed by atoms with Crippen LogP contribution in [0.15, 0.2) is 12.1 Å². The van der Waals surface area contributed by atoms with Gasteiger partial charge in [-0.05, 0) is 77.5 Å². The molecule has 2 atom stereocenters. The van der Waals surface area contributed by atoms with Gasteiger partial charge in [-0.3, -0.25) is 4.79 Å². The van der Waals surface area contributed by atoms with Crippen LogP contribution >= 0.6 is 0 Å². The molecule has 182 valence electrons. The number of nitrogens with zero attached hydrogens (tertiary/aromatic N) is 2. The van der Waals surface area contributed by atoms with Crippen molar-refractivity contribution in [1.29, 1.82) is 0 Å². The first kappa shape index (κ1) is 26.5. The quantitative estimate of drug-likeness (QED) is 0.351. The number of unbranched alkanes of at least 4 members (excludes halogenated alkanes) is 1. The van der Waals surface area contributed by atoms with Gasteiger partial charge in [-0.25, -0.2) is 9.37 Å². The topological polar surface area (TPSA) is 89.7 Å². The lowest BCUT2D eigenvalue weighted by Crippen LogP contribution is -2.41. The average molecular weight is 453 g/mol. The fourth-order valence-corrected chi connectivity index (χ4v) is 3.77. The maximum absolute atomic E-state index is 14.2. The number of anilines is 1. The highest BCUT2D eigenvalue weighted by molar-refractivity contribution is 5.75. The van der Waals surface area contributed by atoms with E-state index in [2.05, 4.69) is 17.4 Å². The number of esters is 1. The van der Waals surface area contributed by atoms with Gasteiger partial charge in [0.1, 0.15) is 23.6 Å². The van der Waals surface area contributed by atoms with E-state index in [1.807, 2.05) is 25.7 Å². The van der Waals surface area contributed by atoms with Crippen molar-refractivity contribution >= 4 is 11.8 Å². The molecule has 2 heterocycles. The van der Waals surface area contributed by atoms with Gasteiger partial charge in [0.25, 0.3) is 0 Å². The molecule has 1 aromatic heterocycles. The highest BCUT2D eigenvalue weighted by atomic mass is 19.1. The monoisotopic (exact) mass is 452 g/mol. The summed E-state index contributed by atoms with van der Waals surface area (Å²) < 4.78 is 24.5. The Morgan fingerprint density at radius 3 is 2.81 bits per heavy atom. The first-order chi connectivity index (χ1) is 15.2. The molecule has 0 fully saturated rings. The molecule has 1 aliphatic rings. The first-order valence-corrected chi connectivity index (χ1v) is 11.7. The number of fused-ring (bicyclic) bond motifs is 1. The number of aromatic nitrogens is 1. The largest absolute Gasteiger partial charge is 0.459 e. The van der Waals surface area contributed by atoms with E-state index in [0.717, 1.165) is 56.7 Å². The molecule has 0 bridgehead atoms. The third kappa shape index (κ3) is 9.79. The van der Waals surface area contributed by atoms with Crippen molar-refractivity contribution < 1.29 is 18.7 Å². The van der Waals surface area contributed by atoms with Crippen LogP contribution in [0, 0.1) is 0 Å². The third-order valence-corrected chi connectivity index (χ3v) is 5.38. The van der Waals surface area contributed by atoms with E-state index in [1.54, 1.807) is 0 Å². The SMILES string of the molecule is COC[C@@H](F)CN(CCCCc1ccc2c(n1)NCCC2)CC[C@H](N)C(=O)OC(C)(C)C. The van der Waals surface area contributed by atoms with Crippen LogP contribution in [0.4, 0.5) is 10.2 Å². The van der Waals surface area contributed by atoms with E-state index in [-0.39, 0.29) is 13.2 Å². The first-order valence-electron chi connectivity index (χ1n) is 11.7. The lowest BCUT2D eigenvalue weighted by molar-refractivity contribution is -0.156. The smallest absolute Gasteiger partial charge is 0.323 e. The van der Waals surface area contributed by atoms with Gasteiger partial charge in [-0.2, -0.15) is 0 Å². The molecule has 32 heavy (non-hydrogen) atoms. The highest BCUT2D eigenvalue weighted by Crippen LogP contribution is 2.20. The summed E-state index contributed by atoms with van der Waals surface area (Å²) >= 11 is 0. The highest BCUT2D eigenvalue weighted by Gasteiger charge is 2.23. The number of rotatable bonds is 13. The van der Waals surface area contributed by atoms with Crippen molar-refractivity contribution in [3.63, 3.8) is 0 Å². The van der Waals surface area contributed by atoms with Crippen molar-refractivity contribution in [2.24, 2.45) is 5.73 Å². The number of nitrogens with two attached hydrogens (primary N) is 1. The van der Waals surface area contributed by atoms with Gasteiger partial charge in [0.2, 0.25) is 0 Å². The second-order valence-electron chi connectivity index (χ2n) is 9.58. The number of alkyl halides is 1. The molecule has 0 saturated carbocycles. The van der Waals surface area contributed by atoms with E-state index < -0.39 is 23.8 Å². The van der Waals surface area contributed by atoms with Gasteiger partial charge in [-0.15, -0.1) is 0 Å². The Balaban J connectivity index is 1.80. The summed E-state index contributed by atoms with van der Waals surface area (Å²) in [5.41, 5.74) is 7.82. The third-order valence-electron chi connectivity index (χ3n) is 5.38. The minimum atomic E-state index is -1.08. The number of halogens is 1. The Morgan fingerprint density at radius 1 is 1.31 bits per heavy atom. The molecular weight excluding hydrogens is 411 g/mol. The fourth-order valence-electron chi connectivity index (χ4n) is 3.77. The molecule has 8 heteroatoms. The maximum atomic E-state index is 14.2. The van der Waals surface area contributed by atoms with Gasteiger partial charge in [0.15, 0.2) is 0 Å². The summed E-state index contributed by atoms with van der Waals surface area (Å²) in [7, 11) is 1.50. The number of nitrogens with one attached hydrogen (secondary N) is 1. The number of ether oxygens (including phenoxy) is 2. The number of hydrogen-bond acceptors (Lipinski definition) is 7. The summed E-state index contributed by atoms with van der Waals surface area (Å²) in [6, 6.07) is 3.57. The predicted molar refractivity (Wildman–Crippen MR) is 126 cm³/mol. The minimum absolute atomic E-state index is 0.0562. The molecule has 7 nitrogen and oxygen atoms in total. The standard InChI is InChI=1S/C24H41FN4O3/c1-24(2,3)32-23(30)21(26)12-15-29(16-19(25)17-31-4)14-6-5-9-20-11-10-18-8-7-13-27-22(18)28-20/h10-11,19,21H,5-9,12-17,26H2,1-4H3,(H,27,28)/t19-,21-/m0/s1. The summed E-state index contributed by atoms with van der Waals surface area (Å²) in [5, 5.41) is 3.37. The second kappa shape index (κ2) is 13.1. The predicted octanol–water partition coefficient (Wildman–Crippen LogP) is 3.11. The van der Waals surface area contributed by atoms with Crippen LogP contribution < -0.4 is 11.1 Å². The van der Waals surface area contributed by atoms with Gasteiger partial charge in [0.05, 0.1) is 6.61 Å². The lowest BCUT2D eigenvalue weighted by Gasteiger charge is -2.26. The van der Waals surface area contributed by atoms with Crippen molar-refractivity contribution in [2.75, 3.05) is 45.2 Å². The Morgan fingerprint density at radius 2 is 2.09 bits per heavy atom. The summed E-state index contributed by atoms with van der Waals surface area (Å²) in [4.78, 5) is 18.9. The number of hydrogen-bond donors (Lipinski definition) is 2. The number of methoxy groups -OCH3 is 1. The van der Waals surface area contributed by atoms with E-state index in [4.69, 9.17) is 20.2 Å². The van der Waals surface area contributed by atoms with Gasteiger partial charge in [-0.1, -0.05) is 6.07 Å². The van der Waals surface area contributed by atoms with Gasteiger partial charge >= 0.3 is 5.97 Å². The Hall–Kier alpha value is -1.77. The van der Waals surface area contributed by atoms with Crippen LogP contribution in [0.1, 0.15) is 57.7 Å². The molecular formula is C24H41FN4O3. The Kier molecular flexibility index (Phi) is 10.8. The molecule has 0 radical (unpaired) electrons. The van der Waals surface area contributed by atoms with Crippen molar-refractivity contribution in [3.05, 3.63) is 23.4 Å². The number of pyridine rings is 1. The van der Waals surface area contributed by atoms with E-state index >= 15 is 0 Å². The molecule has 0 amide bonds. The lowest BCUT2D eigenvalue weighted by atomic mass is 10.1. The van der Waals surface area contributed by atoms with Gasteiger partial charge < -0.3 is 25.4 Å². The maximum Gasteiger partial charge on any atom is 0.323 e. The minimum Gasteiger partial charge on any atom is -0.459 e. The summed E-state index contributed by atoms with van der Waals surface area (Å²) in [6.45, 7) is 8.01. The van der Waals surface area contributed by atoms with Crippen LogP contribution in [0.5, 0.6) is 0 Å². The number of carbonyl (C=O) groups excluding carboxylic acids is 1. The molecule has 0 unspecified atom stereocenters. The van der Waals surface area contributed by atoms with E-state index in [1.165, 1.54) is 12.7 Å². The van der Waals surface area contributed by atoms with E-state index in [0.29, 0.717) is 13.0 Å². The normalized spacial score (nSPS) is 15.7. The van der Waals surface area contributed by atoms with Crippen LogP contribution in [-0.2, 0) is 27.1 Å². The Labute approximate surface area is 192 Å². The summed E-state index contributed by atoms with van der Waals surface area (Å²) in [6.07, 6.45) is 4.34. The molecule has 3 N–H and O–H groups in total. The average Bonchev–Trinajstić information content (AvgIpc) is 2.73. The fraction of sp³-hybridized carbons (Fsp3) is 0.750. The van der Waals surface area contributed by atoms with Gasteiger partial charge in [0, 0.05) is 32.4 Å². The van der Waals surface area contributed by atoms with Crippen molar-refractivity contribution in [2.45, 2.75) is 77.1 Å². The zero-order chi connectivity index (χ0) is 23.6. The van der Waals surface area contributed by atoms with E-state index in [9.17, 15) is 9.18 Å². The van der Waals surface area contributed by atoms with Crippen molar-refractivity contribution in [1.82, 2.24) is 9.88 Å². The molecule has 0 saturated heterocycles. The van der Waals surface area contributed by atoms with Crippen LogP contribution in [0.25, 0.3) is 0 Å². The van der Waals surface area contributed by atoms with Crippen molar-refractivity contribution in [3.8, 4) is 0 Å². The van der Waals surface area contributed by atoms with Crippen LogP contribution in [-0.4, -0.2) is 73.6 Å². The molecule has 0 aliphatic carbocycles. The number of aryl methyl sites for hydroxylation is 2. The van der Waals surface area contributed by atoms with Crippen LogP contribution in [0.3, 0.4) is 0 Å². The molecule has 1 aliphatic heterocycles. The molecule has 1 aromatic rings. The zero-order valence-corrected chi connectivity index (χ0v) is 20.2. The molecule has 0 aromatic carbocycles. The Bertz CT molecular complexity index is 711. The second-order valence-corrected chi connectivity index (χ2v) is 9.58. The molecule has 2 rings (SSSR count).